The van der Waals surface area contributed by atoms with Crippen molar-refractivity contribution in [1.82, 2.24) is 5.32 Å². The quantitative estimate of drug-likeness (QED) is 0.817. The number of nitrogens with two attached hydrogens (primary N) is 1. The van der Waals surface area contributed by atoms with Gasteiger partial charge in [0.2, 0.25) is 5.91 Å². The summed E-state index contributed by atoms with van der Waals surface area (Å²) < 4.78 is 5.74. The van der Waals surface area contributed by atoms with Crippen LogP contribution in [0, 0.1) is 5.92 Å². The molecule has 2 saturated heterocycles. The molecule has 104 valence electrons. The molecule has 5 heteroatoms. The second kappa shape index (κ2) is 5.76. The summed E-state index contributed by atoms with van der Waals surface area (Å²) in [6.45, 7) is 0. The highest BCUT2D eigenvalue weighted by Crippen LogP contribution is 2.34. The summed E-state index contributed by atoms with van der Waals surface area (Å²) >= 11 is 0. The molecule has 0 aromatic rings. The van der Waals surface area contributed by atoms with E-state index in [0.717, 1.165) is 25.7 Å². The van der Waals surface area contributed by atoms with E-state index < -0.39 is 0 Å². The number of fused-ring (bicyclic) bond motifs is 2. The van der Waals surface area contributed by atoms with Crippen molar-refractivity contribution in [3.63, 3.8) is 0 Å². The van der Waals surface area contributed by atoms with Gasteiger partial charge in [0.15, 0.2) is 0 Å². The van der Waals surface area contributed by atoms with Gasteiger partial charge in [0, 0.05) is 12.5 Å². The standard InChI is InChI=1S/C13H22N2O2.ClH/c14-10-3-1-2-8(10)6-13(16)15-11-7-9-4-5-12(11)17-9;/h8-12H,1-7,14H2,(H,15,16);1H/t8-,9?,10+,11?,12?;/m0./s1. The third-order valence-corrected chi connectivity index (χ3v) is 4.62. The molecule has 1 saturated carbocycles. The molecule has 3 aliphatic rings. The summed E-state index contributed by atoms with van der Waals surface area (Å²) in [6, 6.07) is 0.496. The number of hydrogen-bond donors (Lipinski definition) is 2. The zero-order valence-corrected chi connectivity index (χ0v) is 11.5. The van der Waals surface area contributed by atoms with Crippen LogP contribution in [0.15, 0.2) is 0 Å². The average Bonchev–Trinajstić information content (AvgIpc) is 2.96. The van der Waals surface area contributed by atoms with Crippen molar-refractivity contribution in [2.45, 2.75) is 69.2 Å². The summed E-state index contributed by atoms with van der Waals surface area (Å²) in [7, 11) is 0. The van der Waals surface area contributed by atoms with E-state index in [1.165, 1.54) is 12.8 Å². The SMILES string of the molecule is Cl.N[C@@H]1CCC[C@H]1CC(=O)NC1CC2CCC1O2. The van der Waals surface area contributed by atoms with Crippen LogP contribution in [0.1, 0.15) is 44.9 Å². The highest BCUT2D eigenvalue weighted by atomic mass is 35.5. The Labute approximate surface area is 114 Å². The van der Waals surface area contributed by atoms with E-state index >= 15 is 0 Å². The van der Waals surface area contributed by atoms with E-state index in [1.54, 1.807) is 0 Å². The molecule has 2 bridgehead atoms. The predicted octanol–water partition coefficient (Wildman–Crippen LogP) is 1.36. The molecule has 0 aromatic heterocycles. The molecular weight excluding hydrogens is 252 g/mol. The zero-order chi connectivity index (χ0) is 11.8. The molecule has 0 radical (unpaired) electrons. The van der Waals surface area contributed by atoms with Crippen molar-refractivity contribution >= 4 is 18.3 Å². The number of hydrogen-bond acceptors (Lipinski definition) is 3. The van der Waals surface area contributed by atoms with Crippen LogP contribution in [0.3, 0.4) is 0 Å². The highest BCUT2D eigenvalue weighted by Gasteiger charge is 2.41. The van der Waals surface area contributed by atoms with E-state index in [2.05, 4.69) is 5.32 Å². The van der Waals surface area contributed by atoms with E-state index in [4.69, 9.17) is 10.5 Å². The Bertz CT molecular complexity index is 313. The Hall–Kier alpha value is -0.320. The normalized spacial score (nSPS) is 41.7. The molecule has 2 aliphatic heterocycles. The van der Waals surface area contributed by atoms with Crippen LogP contribution in [-0.4, -0.2) is 30.2 Å². The summed E-state index contributed by atoms with van der Waals surface area (Å²) in [5.41, 5.74) is 5.99. The minimum Gasteiger partial charge on any atom is -0.373 e. The van der Waals surface area contributed by atoms with Crippen LogP contribution in [-0.2, 0) is 9.53 Å². The first kappa shape index (κ1) is 14.1. The molecule has 18 heavy (non-hydrogen) atoms. The molecule has 3 fully saturated rings. The Morgan fingerprint density at radius 3 is 2.67 bits per heavy atom. The second-order valence-corrected chi connectivity index (χ2v) is 5.84. The van der Waals surface area contributed by atoms with Gasteiger partial charge in [0.25, 0.3) is 0 Å². The van der Waals surface area contributed by atoms with Gasteiger partial charge in [-0.05, 0) is 38.0 Å². The third-order valence-electron chi connectivity index (χ3n) is 4.62. The van der Waals surface area contributed by atoms with Gasteiger partial charge in [-0.2, -0.15) is 0 Å². The van der Waals surface area contributed by atoms with Gasteiger partial charge >= 0.3 is 0 Å². The Balaban J connectivity index is 0.00000120. The highest BCUT2D eigenvalue weighted by molar-refractivity contribution is 5.85. The lowest BCUT2D eigenvalue weighted by Gasteiger charge is -2.22. The largest absolute Gasteiger partial charge is 0.373 e. The second-order valence-electron chi connectivity index (χ2n) is 5.84. The smallest absolute Gasteiger partial charge is 0.220 e. The third kappa shape index (κ3) is 2.81. The van der Waals surface area contributed by atoms with E-state index in [9.17, 15) is 4.79 Å². The molecule has 4 nitrogen and oxygen atoms in total. The number of carbonyl (C=O) groups is 1. The lowest BCUT2D eigenvalue weighted by atomic mass is 9.94. The predicted molar refractivity (Wildman–Crippen MR) is 71.6 cm³/mol. The maximum atomic E-state index is 12.0. The molecule has 1 amide bonds. The summed E-state index contributed by atoms with van der Waals surface area (Å²) in [6.07, 6.45) is 7.94. The molecule has 0 spiro atoms. The molecule has 5 atom stereocenters. The van der Waals surface area contributed by atoms with Crippen LogP contribution < -0.4 is 11.1 Å². The van der Waals surface area contributed by atoms with E-state index in [0.29, 0.717) is 18.4 Å². The fourth-order valence-electron chi connectivity index (χ4n) is 3.61. The average molecular weight is 275 g/mol. The van der Waals surface area contributed by atoms with E-state index in [1.807, 2.05) is 0 Å². The maximum Gasteiger partial charge on any atom is 0.220 e. The van der Waals surface area contributed by atoms with Crippen molar-refractivity contribution in [2.75, 3.05) is 0 Å². The monoisotopic (exact) mass is 274 g/mol. The lowest BCUT2D eigenvalue weighted by molar-refractivity contribution is -0.123. The Kier molecular flexibility index (Phi) is 4.51. The van der Waals surface area contributed by atoms with Crippen molar-refractivity contribution < 1.29 is 9.53 Å². The fraction of sp³-hybridized carbons (Fsp3) is 0.923. The van der Waals surface area contributed by atoms with E-state index in [-0.39, 0.29) is 36.5 Å². The molecule has 2 heterocycles. The number of rotatable bonds is 3. The van der Waals surface area contributed by atoms with Gasteiger partial charge < -0.3 is 15.8 Å². The zero-order valence-electron chi connectivity index (χ0n) is 10.6. The number of carbonyl (C=O) groups excluding carboxylic acids is 1. The minimum absolute atomic E-state index is 0. The van der Waals surface area contributed by atoms with Gasteiger partial charge in [-0.25, -0.2) is 0 Å². The van der Waals surface area contributed by atoms with Crippen molar-refractivity contribution in [3.8, 4) is 0 Å². The van der Waals surface area contributed by atoms with Crippen LogP contribution in [0.2, 0.25) is 0 Å². The number of amides is 1. The van der Waals surface area contributed by atoms with Crippen LogP contribution >= 0.6 is 12.4 Å². The molecule has 1 aliphatic carbocycles. The van der Waals surface area contributed by atoms with Gasteiger partial charge in [0.1, 0.15) is 0 Å². The van der Waals surface area contributed by atoms with Crippen molar-refractivity contribution in [3.05, 3.63) is 0 Å². The van der Waals surface area contributed by atoms with Gasteiger partial charge in [-0.15, -0.1) is 12.4 Å². The van der Waals surface area contributed by atoms with Crippen molar-refractivity contribution in [1.29, 1.82) is 0 Å². The van der Waals surface area contributed by atoms with Gasteiger partial charge in [-0.3, -0.25) is 4.79 Å². The minimum atomic E-state index is 0. The van der Waals surface area contributed by atoms with Crippen LogP contribution in [0.4, 0.5) is 0 Å². The number of nitrogens with one attached hydrogen (secondary N) is 1. The Morgan fingerprint density at radius 1 is 1.28 bits per heavy atom. The van der Waals surface area contributed by atoms with Crippen molar-refractivity contribution in [2.24, 2.45) is 11.7 Å². The van der Waals surface area contributed by atoms with Gasteiger partial charge in [0.05, 0.1) is 18.2 Å². The van der Waals surface area contributed by atoms with Crippen LogP contribution in [0.5, 0.6) is 0 Å². The summed E-state index contributed by atoms with van der Waals surface area (Å²) in [5.74, 6) is 0.572. The summed E-state index contributed by atoms with van der Waals surface area (Å²) in [5, 5.41) is 3.14. The Morgan fingerprint density at radius 2 is 2.11 bits per heavy atom. The molecule has 3 unspecified atom stereocenters. The first-order valence-corrected chi connectivity index (χ1v) is 6.93. The number of ether oxygens (including phenoxy) is 1. The first-order valence-electron chi connectivity index (χ1n) is 6.93. The molecular formula is C13H23ClN2O2. The maximum absolute atomic E-state index is 12.0. The summed E-state index contributed by atoms with van der Waals surface area (Å²) in [4.78, 5) is 12.0. The van der Waals surface area contributed by atoms with Gasteiger partial charge in [-0.1, -0.05) is 6.42 Å². The fourth-order valence-corrected chi connectivity index (χ4v) is 3.61. The number of halogens is 1. The first-order chi connectivity index (χ1) is 8.22. The molecule has 3 rings (SSSR count). The molecule has 3 N–H and O–H groups in total. The topological polar surface area (TPSA) is 64.4 Å². The lowest BCUT2D eigenvalue weighted by Crippen LogP contribution is -2.42. The molecule has 0 aromatic carbocycles. The van der Waals surface area contributed by atoms with Crippen LogP contribution in [0.25, 0.3) is 0 Å².